The maximum Gasteiger partial charge on any atom is 0.203 e. The summed E-state index contributed by atoms with van der Waals surface area (Å²) in [4.78, 5) is 0. The van der Waals surface area contributed by atoms with E-state index >= 15 is 0 Å². The van der Waals surface area contributed by atoms with Gasteiger partial charge in [0.1, 0.15) is 6.10 Å². The average Bonchev–Trinajstić information content (AvgIpc) is 2.73. The second kappa shape index (κ2) is 10.5. The lowest BCUT2D eigenvalue weighted by Gasteiger charge is -2.21. The molecule has 0 amide bonds. The molecule has 2 rings (SSSR count). The number of methoxy groups -OCH3 is 5. The predicted molar refractivity (Wildman–Crippen MR) is 114 cm³/mol. The van der Waals surface area contributed by atoms with Crippen LogP contribution in [0.3, 0.4) is 0 Å². The van der Waals surface area contributed by atoms with E-state index in [-0.39, 0.29) is 6.10 Å². The van der Waals surface area contributed by atoms with Crippen molar-refractivity contribution in [2.75, 3.05) is 35.5 Å². The Kier molecular flexibility index (Phi) is 8.07. The third-order valence-electron chi connectivity index (χ3n) is 4.41. The molecule has 0 unspecified atom stereocenters. The molecule has 0 radical (unpaired) electrons. The van der Waals surface area contributed by atoms with Crippen LogP contribution in [0.5, 0.6) is 34.5 Å². The van der Waals surface area contributed by atoms with Gasteiger partial charge >= 0.3 is 0 Å². The van der Waals surface area contributed by atoms with Crippen molar-refractivity contribution in [2.45, 2.75) is 26.4 Å². The van der Waals surface area contributed by atoms with E-state index in [1.807, 2.05) is 50.3 Å². The van der Waals surface area contributed by atoms with Crippen molar-refractivity contribution in [1.29, 1.82) is 0 Å². The van der Waals surface area contributed by atoms with Gasteiger partial charge in [-0.25, -0.2) is 0 Å². The number of rotatable bonds is 10. The van der Waals surface area contributed by atoms with Crippen LogP contribution >= 0.6 is 0 Å². The van der Waals surface area contributed by atoms with Crippen molar-refractivity contribution in [2.24, 2.45) is 0 Å². The van der Waals surface area contributed by atoms with Crippen LogP contribution < -0.4 is 28.4 Å². The third-order valence-corrected chi connectivity index (χ3v) is 4.41. The Bertz CT molecular complexity index is 793. The minimum absolute atomic E-state index is 0.159. The fourth-order valence-corrected chi connectivity index (χ4v) is 3.13. The molecule has 0 N–H and O–H groups in total. The smallest absolute Gasteiger partial charge is 0.203 e. The normalized spacial score (nSPS) is 11.8. The van der Waals surface area contributed by atoms with Crippen LogP contribution in [0.2, 0.25) is 0 Å². The summed E-state index contributed by atoms with van der Waals surface area (Å²) in [7, 11) is 8.02. The van der Waals surface area contributed by atoms with Crippen LogP contribution in [-0.2, 0) is 6.42 Å². The molecule has 2 aromatic carbocycles. The van der Waals surface area contributed by atoms with Crippen molar-refractivity contribution in [3.8, 4) is 34.5 Å². The van der Waals surface area contributed by atoms with Crippen LogP contribution in [0.25, 0.3) is 6.08 Å². The summed E-state index contributed by atoms with van der Waals surface area (Å²) in [5, 5.41) is 0. The van der Waals surface area contributed by atoms with E-state index in [1.54, 1.807) is 35.5 Å². The first-order valence-corrected chi connectivity index (χ1v) is 9.35. The van der Waals surface area contributed by atoms with E-state index < -0.39 is 0 Å². The zero-order chi connectivity index (χ0) is 21.4. The van der Waals surface area contributed by atoms with Gasteiger partial charge in [0.25, 0.3) is 0 Å². The summed E-state index contributed by atoms with van der Waals surface area (Å²) >= 11 is 0. The number of benzene rings is 2. The van der Waals surface area contributed by atoms with E-state index in [4.69, 9.17) is 28.4 Å². The van der Waals surface area contributed by atoms with Gasteiger partial charge in [0, 0.05) is 6.42 Å². The van der Waals surface area contributed by atoms with Crippen LogP contribution in [-0.4, -0.2) is 41.7 Å². The molecule has 0 aromatic heterocycles. The minimum Gasteiger partial charge on any atom is -0.493 e. The fourth-order valence-electron chi connectivity index (χ4n) is 3.13. The molecule has 0 aliphatic carbocycles. The minimum atomic E-state index is -0.159. The Hall–Kier alpha value is -3.02. The van der Waals surface area contributed by atoms with Gasteiger partial charge in [-0.1, -0.05) is 12.2 Å². The molecule has 0 saturated carbocycles. The molecule has 6 heteroatoms. The molecule has 0 saturated heterocycles. The van der Waals surface area contributed by atoms with Crippen molar-refractivity contribution < 1.29 is 28.4 Å². The van der Waals surface area contributed by atoms with Crippen molar-refractivity contribution in [3.63, 3.8) is 0 Å². The summed E-state index contributed by atoms with van der Waals surface area (Å²) in [6.45, 7) is 3.95. The molecule has 0 heterocycles. The van der Waals surface area contributed by atoms with Crippen LogP contribution in [0.4, 0.5) is 0 Å². The first-order chi connectivity index (χ1) is 14.0. The van der Waals surface area contributed by atoms with Crippen molar-refractivity contribution in [3.05, 3.63) is 41.5 Å². The molecular formula is C23H30O6. The van der Waals surface area contributed by atoms with Gasteiger partial charge in [0.2, 0.25) is 11.5 Å². The zero-order valence-electron chi connectivity index (χ0n) is 18.2. The van der Waals surface area contributed by atoms with Gasteiger partial charge in [-0.15, -0.1) is 0 Å². The van der Waals surface area contributed by atoms with Crippen LogP contribution in [0.1, 0.15) is 25.0 Å². The van der Waals surface area contributed by atoms with E-state index in [9.17, 15) is 0 Å². The van der Waals surface area contributed by atoms with E-state index in [0.29, 0.717) is 40.9 Å². The van der Waals surface area contributed by atoms with Gasteiger partial charge in [0.05, 0.1) is 35.5 Å². The fraction of sp³-hybridized carbons (Fsp3) is 0.391. The lowest BCUT2D eigenvalue weighted by Crippen LogP contribution is -2.16. The topological polar surface area (TPSA) is 55.4 Å². The Morgan fingerprint density at radius 1 is 0.724 bits per heavy atom. The molecular weight excluding hydrogens is 372 g/mol. The van der Waals surface area contributed by atoms with Gasteiger partial charge in [-0.05, 0) is 49.2 Å². The monoisotopic (exact) mass is 402 g/mol. The highest BCUT2D eigenvalue weighted by molar-refractivity contribution is 5.62. The first-order valence-electron chi connectivity index (χ1n) is 9.35. The van der Waals surface area contributed by atoms with Crippen molar-refractivity contribution in [1.82, 2.24) is 0 Å². The number of allylic oxidation sites excluding steroid dienone is 1. The Morgan fingerprint density at radius 3 is 1.62 bits per heavy atom. The standard InChI is InChI=1S/C23H30O6/c1-8-9-16-11-20(26-5)23(21(12-16)27-6)29-15(2)10-17-13-18(24-3)22(28-7)19(14-17)25-4/h8-9,11-15H,10H2,1-7H3/t15-/m1/s1. The Labute approximate surface area is 172 Å². The molecule has 0 spiro atoms. The lowest BCUT2D eigenvalue weighted by atomic mass is 10.1. The summed E-state index contributed by atoms with van der Waals surface area (Å²) < 4.78 is 33.5. The highest BCUT2D eigenvalue weighted by Gasteiger charge is 2.19. The molecule has 2 aromatic rings. The molecule has 0 aliphatic rings. The molecule has 0 aliphatic heterocycles. The maximum atomic E-state index is 6.21. The van der Waals surface area contributed by atoms with Crippen LogP contribution in [0.15, 0.2) is 30.3 Å². The second-order valence-corrected chi connectivity index (χ2v) is 6.42. The quantitative estimate of drug-likeness (QED) is 0.570. The SMILES string of the molecule is CC=Cc1cc(OC)c(O[C@H](C)Cc2cc(OC)c(OC)c(OC)c2)c(OC)c1. The first kappa shape index (κ1) is 22.3. The van der Waals surface area contributed by atoms with Gasteiger partial charge in [0.15, 0.2) is 23.0 Å². The second-order valence-electron chi connectivity index (χ2n) is 6.42. The number of hydrogen-bond acceptors (Lipinski definition) is 6. The number of ether oxygens (including phenoxy) is 6. The van der Waals surface area contributed by atoms with Gasteiger partial charge in [-0.2, -0.15) is 0 Å². The highest BCUT2D eigenvalue weighted by atomic mass is 16.5. The number of hydrogen-bond donors (Lipinski definition) is 0. The zero-order valence-corrected chi connectivity index (χ0v) is 18.2. The average molecular weight is 402 g/mol. The van der Waals surface area contributed by atoms with Gasteiger partial charge in [-0.3, -0.25) is 0 Å². The van der Waals surface area contributed by atoms with E-state index in [2.05, 4.69) is 0 Å². The largest absolute Gasteiger partial charge is 0.493 e. The summed E-state index contributed by atoms with van der Waals surface area (Å²) in [5.41, 5.74) is 1.97. The van der Waals surface area contributed by atoms with E-state index in [1.165, 1.54) is 0 Å². The summed E-state index contributed by atoms with van der Waals surface area (Å²) in [6, 6.07) is 7.68. The van der Waals surface area contributed by atoms with Crippen molar-refractivity contribution >= 4 is 6.08 Å². The van der Waals surface area contributed by atoms with Crippen LogP contribution in [0, 0.1) is 0 Å². The predicted octanol–water partition coefficient (Wildman–Crippen LogP) is 4.77. The van der Waals surface area contributed by atoms with E-state index in [0.717, 1.165) is 11.1 Å². The Morgan fingerprint density at radius 2 is 1.21 bits per heavy atom. The molecule has 1 atom stereocenters. The molecule has 158 valence electrons. The molecule has 29 heavy (non-hydrogen) atoms. The maximum absolute atomic E-state index is 6.21. The molecule has 6 nitrogen and oxygen atoms in total. The summed E-state index contributed by atoms with van der Waals surface area (Å²) in [5.74, 6) is 3.60. The lowest BCUT2D eigenvalue weighted by molar-refractivity contribution is 0.201. The molecule has 0 fully saturated rings. The van der Waals surface area contributed by atoms with Gasteiger partial charge < -0.3 is 28.4 Å². The molecule has 0 bridgehead atoms. The summed E-state index contributed by atoms with van der Waals surface area (Å²) in [6.07, 6.45) is 4.41. The highest BCUT2D eigenvalue weighted by Crippen LogP contribution is 2.41. The Balaban J connectivity index is 2.30. The third kappa shape index (κ3) is 5.28.